The van der Waals surface area contributed by atoms with E-state index in [0.717, 1.165) is 25.3 Å². The lowest BCUT2D eigenvalue weighted by Gasteiger charge is -2.46. The summed E-state index contributed by atoms with van der Waals surface area (Å²) in [6.07, 6.45) is -0.705. The molecular weight excluding hydrogens is 363 g/mol. The van der Waals surface area contributed by atoms with E-state index in [1.165, 1.54) is 25.2 Å². The predicted molar refractivity (Wildman–Crippen MR) is 96.1 cm³/mol. The number of nitrogens with zero attached hydrogens (tertiary/aromatic N) is 3. The molecule has 0 atom stereocenters. The summed E-state index contributed by atoms with van der Waals surface area (Å²) in [5, 5.41) is 0. The van der Waals surface area contributed by atoms with Crippen LogP contribution in [0.1, 0.15) is 37.7 Å². The van der Waals surface area contributed by atoms with E-state index in [9.17, 15) is 13.2 Å². The minimum absolute atomic E-state index is 0.0130. The van der Waals surface area contributed by atoms with Crippen molar-refractivity contribution < 1.29 is 22.6 Å². The maximum atomic E-state index is 13.6. The summed E-state index contributed by atoms with van der Waals surface area (Å²) in [5.74, 6) is -0.148. The van der Waals surface area contributed by atoms with E-state index in [4.69, 9.17) is 20.9 Å². The van der Waals surface area contributed by atoms with E-state index in [1.807, 2.05) is 0 Å². The molecule has 1 aliphatic carbocycles. The zero-order valence-electron chi connectivity index (χ0n) is 15.1. The number of hydrogen-bond donors (Lipinski definition) is 2. The number of ether oxygens (including phenoxy) is 2. The molecule has 0 aromatic heterocycles. The van der Waals surface area contributed by atoms with Crippen molar-refractivity contribution in [2.75, 3.05) is 19.1 Å². The van der Waals surface area contributed by atoms with Crippen LogP contribution in [0.4, 0.5) is 18.9 Å². The van der Waals surface area contributed by atoms with Crippen molar-refractivity contribution in [2.45, 2.75) is 43.9 Å². The van der Waals surface area contributed by atoms with Crippen molar-refractivity contribution in [1.82, 2.24) is 0 Å². The molecule has 148 valence electrons. The molecule has 3 rings (SSSR count). The van der Waals surface area contributed by atoms with Crippen LogP contribution in [-0.2, 0) is 6.18 Å². The molecule has 4 N–H and O–H groups in total. The second-order valence-electron chi connectivity index (χ2n) is 6.54. The number of alkyl halides is 3. The van der Waals surface area contributed by atoms with Gasteiger partial charge in [-0.15, -0.1) is 0 Å². The van der Waals surface area contributed by atoms with Gasteiger partial charge in [-0.2, -0.15) is 18.2 Å². The minimum Gasteiger partial charge on any atom is -0.496 e. The van der Waals surface area contributed by atoms with Crippen molar-refractivity contribution in [3.63, 3.8) is 0 Å². The maximum Gasteiger partial charge on any atom is 0.420 e. The molecular formula is C17H22F3N5O2. The molecule has 0 unspecified atom stereocenters. The van der Waals surface area contributed by atoms with Crippen LogP contribution in [0.25, 0.3) is 0 Å². The highest BCUT2D eigenvalue weighted by Gasteiger charge is 2.45. The summed E-state index contributed by atoms with van der Waals surface area (Å²) in [5.41, 5.74) is 10.2. The number of aliphatic imine (C=N–C) groups is 2. The molecule has 0 radical (unpaired) electrons. The van der Waals surface area contributed by atoms with Crippen LogP contribution >= 0.6 is 0 Å². The number of halogens is 3. The van der Waals surface area contributed by atoms with Crippen molar-refractivity contribution in [3.05, 3.63) is 17.7 Å². The fourth-order valence-corrected chi connectivity index (χ4v) is 3.75. The fraction of sp³-hybridized carbons (Fsp3) is 0.529. The molecule has 27 heavy (non-hydrogen) atoms. The number of benzene rings is 1. The Kier molecular flexibility index (Phi) is 4.83. The zero-order valence-corrected chi connectivity index (χ0v) is 15.1. The van der Waals surface area contributed by atoms with Crippen LogP contribution in [0.3, 0.4) is 0 Å². The maximum absolute atomic E-state index is 13.6. The summed E-state index contributed by atoms with van der Waals surface area (Å²) in [6, 6.07) is 2.16. The summed E-state index contributed by atoms with van der Waals surface area (Å²) in [4.78, 5) is 9.97. The van der Waals surface area contributed by atoms with Gasteiger partial charge in [-0.3, -0.25) is 4.90 Å². The molecule has 1 fully saturated rings. The van der Waals surface area contributed by atoms with E-state index in [1.54, 1.807) is 0 Å². The number of nitrogens with two attached hydrogens (primary N) is 2. The van der Waals surface area contributed by atoms with Gasteiger partial charge in [0, 0.05) is 6.07 Å². The lowest BCUT2D eigenvalue weighted by atomic mass is 9.87. The smallest absolute Gasteiger partial charge is 0.420 e. The first-order valence-corrected chi connectivity index (χ1v) is 8.55. The number of methoxy groups -OCH3 is 2. The van der Waals surface area contributed by atoms with Crippen LogP contribution in [0.5, 0.6) is 11.5 Å². The van der Waals surface area contributed by atoms with Crippen LogP contribution in [0.15, 0.2) is 22.1 Å². The number of hydrogen-bond acceptors (Lipinski definition) is 7. The molecule has 1 aromatic carbocycles. The van der Waals surface area contributed by atoms with Gasteiger partial charge in [-0.05, 0) is 31.7 Å². The average Bonchev–Trinajstić information content (AvgIpc) is 2.60. The van der Waals surface area contributed by atoms with Crippen LogP contribution in [0, 0.1) is 0 Å². The lowest BCUT2D eigenvalue weighted by molar-refractivity contribution is -0.138. The first-order chi connectivity index (χ1) is 12.7. The van der Waals surface area contributed by atoms with Gasteiger partial charge in [0.25, 0.3) is 0 Å². The standard InChI is InChI=1S/C17H22F3N5O2/c1-26-12-9-13(27-2)11(8-10(12)17(18,19)20)25-15(22)23-14(21)24-16(25)6-4-3-5-7-16/h8-9H,3-7H2,1-2H3,(H4,21,22,23,24). The Balaban J connectivity index is 2.22. The van der Waals surface area contributed by atoms with Crippen LogP contribution < -0.4 is 25.8 Å². The molecule has 7 nitrogen and oxygen atoms in total. The largest absolute Gasteiger partial charge is 0.496 e. The van der Waals surface area contributed by atoms with Gasteiger partial charge in [-0.1, -0.05) is 6.42 Å². The number of guanidine groups is 2. The monoisotopic (exact) mass is 385 g/mol. The van der Waals surface area contributed by atoms with Gasteiger partial charge in [-0.25, -0.2) is 4.99 Å². The van der Waals surface area contributed by atoms with Crippen molar-refractivity contribution in [2.24, 2.45) is 21.5 Å². The van der Waals surface area contributed by atoms with Crippen LogP contribution in [-0.4, -0.2) is 31.8 Å². The van der Waals surface area contributed by atoms with Gasteiger partial charge in [0.05, 0.1) is 25.5 Å². The third kappa shape index (κ3) is 3.35. The Morgan fingerprint density at radius 3 is 2.22 bits per heavy atom. The quantitative estimate of drug-likeness (QED) is 0.834. The normalized spacial score (nSPS) is 19.5. The van der Waals surface area contributed by atoms with Gasteiger partial charge >= 0.3 is 6.18 Å². The summed E-state index contributed by atoms with van der Waals surface area (Å²) < 4.78 is 50.9. The molecule has 1 saturated carbocycles. The Morgan fingerprint density at radius 1 is 1.04 bits per heavy atom. The average molecular weight is 385 g/mol. The van der Waals surface area contributed by atoms with Gasteiger partial charge in [0.1, 0.15) is 17.2 Å². The number of rotatable bonds is 3. The second-order valence-corrected chi connectivity index (χ2v) is 6.54. The molecule has 1 spiro atoms. The first-order valence-electron chi connectivity index (χ1n) is 8.55. The number of anilines is 1. The van der Waals surface area contributed by atoms with Gasteiger partial charge in [0.2, 0.25) is 11.9 Å². The Morgan fingerprint density at radius 2 is 1.67 bits per heavy atom. The van der Waals surface area contributed by atoms with Crippen molar-refractivity contribution in [1.29, 1.82) is 0 Å². The van der Waals surface area contributed by atoms with E-state index < -0.39 is 17.4 Å². The van der Waals surface area contributed by atoms with E-state index in [-0.39, 0.29) is 29.1 Å². The molecule has 1 aromatic rings. The third-order valence-corrected chi connectivity index (χ3v) is 4.90. The Bertz CT molecular complexity index is 786. The minimum atomic E-state index is -4.61. The Hall–Kier alpha value is -2.65. The molecule has 10 heteroatoms. The summed E-state index contributed by atoms with van der Waals surface area (Å²) in [7, 11) is 2.54. The topological polar surface area (TPSA) is 98.5 Å². The molecule has 1 heterocycles. The highest BCUT2D eigenvalue weighted by atomic mass is 19.4. The molecule has 0 amide bonds. The highest BCUT2D eigenvalue weighted by Crippen LogP contribution is 2.47. The van der Waals surface area contributed by atoms with Crippen molar-refractivity contribution in [3.8, 4) is 11.5 Å². The Labute approximate surface area is 154 Å². The molecule has 0 bridgehead atoms. The van der Waals surface area contributed by atoms with E-state index >= 15 is 0 Å². The van der Waals surface area contributed by atoms with Crippen LogP contribution in [0.2, 0.25) is 0 Å². The SMILES string of the molecule is COc1cc(OC)c(C(F)(F)F)cc1N1C(N)=NC(N)=NC12CCCCC2. The summed E-state index contributed by atoms with van der Waals surface area (Å²) >= 11 is 0. The second kappa shape index (κ2) is 6.82. The molecule has 1 aliphatic heterocycles. The predicted octanol–water partition coefficient (Wildman–Crippen LogP) is 2.83. The molecule has 0 saturated heterocycles. The summed E-state index contributed by atoms with van der Waals surface area (Å²) in [6.45, 7) is 0. The van der Waals surface area contributed by atoms with Crippen molar-refractivity contribution >= 4 is 17.6 Å². The lowest BCUT2D eigenvalue weighted by Crippen LogP contribution is -2.58. The van der Waals surface area contributed by atoms with E-state index in [2.05, 4.69) is 9.98 Å². The van der Waals surface area contributed by atoms with E-state index in [0.29, 0.717) is 12.8 Å². The fourth-order valence-electron chi connectivity index (χ4n) is 3.75. The zero-order chi connectivity index (χ0) is 19.8. The first kappa shape index (κ1) is 19.1. The van der Waals surface area contributed by atoms with Gasteiger partial charge < -0.3 is 20.9 Å². The molecule has 2 aliphatic rings. The highest BCUT2D eigenvalue weighted by molar-refractivity contribution is 6.06. The van der Waals surface area contributed by atoms with Gasteiger partial charge in [0.15, 0.2) is 0 Å². The third-order valence-electron chi connectivity index (χ3n) is 4.90.